The first kappa shape index (κ1) is 13.5. The first-order valence-corrected chi connectivity index (χ1v) is 5.99. The number of esters is 1. The molecule has 0 aromatic carbocycles. The Morgan fingerprint density at radius 2 is 2.12 bits per heavy atom. The summed E-state index contributed by atoms with van der Waals surface area (Å²) >= 11 is 0. The van der Waals surface area contributed by atoms with Gasteiger partial charge in [-0.05, 0) is 19.4 Å². The van der Waals surface area contributed by atoms with Crippen LogP contribution in [0, 0.1) is 5.92 Å². The number of ether oxygens (including phenoxy) is 2. The fourth-order valence-corrected chi connectivity index (χ4v) is 1.94. The maximum absolute atomic E-state index is 11.9. The zero-order chi connectivity index (χ0) is 12.2. The summed E-state index contributed by atoms with van der Waals surface area (Å²) in [5, 5.41) is 3.33. The van der Waals surface area contributed by atoms with E-state index in [0.717, 1.165) is 19.4 Å². The van der Waals surface area contributed by atoms with Crippen molar-refractivity contribution < 1.29 is 14.3 Å². The largest absolute Gasteiger partial charge is 0.465 e. The molecule has 1 fully saturated rings. The van der Waals surface area contributed by atoms with Crippen LogP contribution < -0.4 is 5.32 Å². The molecule has 1 saturated carbocycles. The van der Waals surface area contributed by atoms with E-state index < -0.39 is 5.54 Å². The molecule has 0 atom stereocenters. The summed E-state index contributed by atoms with van der Waals surface area (Å²) in [6.45, 7) is 7.34. The first-order chi connectivity index (χ1) is 7.54. The van der Waals surface area contributed by atoms with E-state index in [1.54, 1.807) is 7.11 Å². The number of methoxy groups -OCH3 is 1. The van der Waals surface area contributed by atoms with Gasteiger partial charge in [0, 0.05) is 20.0 Å². The topological polar surface area (TPSA) is 47.6 Å². The molecule has 0 unspecified atom stereocenters. The molecule has 0 bridgehead atoms. The van der Waals surface area contributed by atoms with Crippen LogP contribution in [0.3, 0.4) is 0 Å². The van der Waals surface area contributed by atoms with Crippen LogP contribution >= 0.6 is 0 Å². The molecular weight excluding hydrogens is 206 g/mol. The minimum atomic E-state index is -0.499. The highest BCUT2D eigenvalue weighted by atomic mass is 16.5. The van der Waals surface area contributed by atoms with E-state index in [0.29, 0.717) is 12.5 Å². The second-order valence-electron chi connectivity index (χ2n) is 4.84. The summed E-state index contributed by atoms with van der Waals surface area (Å²) in [6.07, 6.45) is 1.62. The van der Waals surface area contributed by atoms with Crippen LogP contribution in [0.25, 0.3) is 0 Å². The molecule has 1 N–H and O–H groups in total. The molecule has 1 rings (SSSR count). The molecule has 0 aromatic heterocycles. The van der Waals surface area contributed by atoms with Crippen molar-refractivity contribution in [2.45, 2.75) is 45.3 Å². The van der Waals surface area contributed by atoms with Crippen molar-refractivity contribution in [3.8, 4) is 0 Å². The zero-order valence-electron chi connectivity index (χ0n) is 10.7. The molecule has 16 heavy (non-hydrogen) atoms. The molecule has 0 radical (unpaired) electrons. The minimum absolute atomic E-state index is 0.135. The summed E-state index contributed by atoms with van der Waals surface area (Å²) in [6, 6.07) is 0. The van der Waals surface area contributed by atoms with Crippen LogP contribution in [0.4, 0.5) is 0 Å². The lowest BCUT2D eigenvalue weighted by Crippen LogP contribution is -2.64. The van der Waals surface area contributed by atoms with Gasteiger partial charge < -0.3 is 14.8 Å². The maximum atomic E-state index is 11.9. The summed E-state index contributed by atoms with van der Waals surface area (Å²) in [5.74, 6) is 0.386. The summed E-state index contributed by atoms with van der Waals surface area (Å²) in [7, 11) is 1.68. The number of carbonyl (C=O) groups is 1. The van der Waals surface area contributed by atoms with Crippen molar-refractivity contribution in [3.63, 3.8) is 0 Å². The quantitative estimate of drug-likeness (QED) is 0.698. The Morgan fingerprint density at radius 3 is 2.56 bits per heavy atom. The van der Waals surface area contributed by atoms with Crippen LogP contribution in [0.15, 0.2) is 0 Å². The fraction of sp³-hybridized carbons (Fsp3) is 0.917. The van der Waals surface area contributed by atoms with Crippen LogP contribution in [-0.4, -0.2) is 37.9 Å². The molecule has 0 amide bonds. The molecule has 4 nitrogen and oxygen atoms in total. The predicted octanol–water partition coefficient (Wildman–Crippen LogP) is 1.34. The Morgan fingerprint density at radius 1 is 1.50 bits per heavy atom. The first-order valence-electron chi connectivity index (χ1n) is 5.99. The molecule has 94 valence electrons. The van der Waals surface area contributed by atoms with Gasteiger partial charge in [0.2, 0.25) is 0 Å². The summed E-state index contributed by atoms with van der Waals surface area (Å²) < 4.78 is 10.3. The standard InChI is InChI=1S/C12H23NO3/c1-5-16-11(14)12(13-8-9(2)3)6-10(7-12)15-4/h9-10,13H,5-8H2,1-4H3. The van der Waals surface area contributed by atoms with E-state index >= 15 is 0 Å². The van der Waals surface area contributed by atoms with Crippen LogP contribution in [0.5, 0.6) is 0 Å². The van der Waals surface area contributed by atoms with Crippen molar-refractivity contribution in [2.24, 2.45) is 5.92 Å². The highest BCUT2D eigenvalue weighted by Crippen LogP contribution is 2.35. The molecule has 4 heteroatoms. The van der Waals surface area contributed by atoms with Crippen molar-refractivity contribution in [1.29, 1.82) is 0 Å². The minimum Gasteiger partial charge on any atom is -0.465 e. The molecule has 1 aliphatic carbocycles. The van der Waals surface area contributed by atoms with E-state index in [9.17, 15) is 4.79 Å². The van der Waals surface area contributed by atoms with Crippen LogP contribution in [-0.2, 0) is 14.3 Å². The van der Waals surface area contributed by atoms with Crippen molar-refractivity contribution >= 4 is 5.97 Å². The zero-order valence-corrected chi connectivity index (χ0v) is 10.7. The highest BCUT2D eigenvalue weighted by Gasteiger charge is 2.51. The Balaban J connectivity index is 2.53. The molecule has 0 aromatic rings. The van der Waals surface area contributed by atoms with E-state index in [4.69, 9.17) is 9.47 Å². The lowest BCUT2D eigenvalue weighted by atomic mass is 9.74. The highest BCUT2D eigenvalue weighted by molar-refractivity contribution is 5.82. The Kier molecular flexibility index (Phi) is 4.74. The van der Waals surface area contributed by atoms with Crippen molar-refractivity contribution in [1.82, 2.24) is 5.32 Å². The molecule has 0 saturated heterocycles. The normalized spacial score (nSPS) is 28.9. The van der Waals surface area contributed by atoms with Gasteiger partial charge in [0.05, 0.1) is 12.7 Å². The SMILES string of the molecule is CCOC(=O)C1(NCC(C)C)CC(OC)C1. The second kappa shape index (κ2) is 5.64. The Bertz CT molecular complexity index is 234. The lowest BCUT2D eigenvalue weighted by molar-refractivity contribution is -0.162. The lowest BCUT2D eigenvalue weighted by Gasteiger charge is -2.45. The fourth-order valence-electron chi connectivity index (χ4n) is 1.94. The number of hydrogen-bond acceptors (Lipinski definition) is 4. The maximum Gasteiger partial charge on any atom is 0.326 e. The molecule has 0 aliphatic heterocycles. The van der Waals surface area contributed by atoms with Gasteiger partial charge >= 0.3 is 5.97 Å². The van der Waals surface area contributed by atoms with Gasteiger partial charge in [0.1, 0.15) is 5.54 Å². The van der Waals surface area contributed by atoms with Gasteiger partial charge in [-0.2, -0.15) is 0 Å². The average Bonchev–Trinajstić information content (AvgIpc) is 2.16. The van der Waals surface area contributed by atoms with Gasteiger partial charge in [-0.1, -0.05) is 13.8 Å². The Labute approximate surface area is 97.7 Å². The van der Waals surface area contributed by atoms with E-state index in [1.165, 1.54) is 0 Å². The van der Waals surface area contributed by atoms with E-state index in [-0.39, 0.29) is 12.1 Å². The number of carbonyl (C=O) groups excluding carboxylic acids is 1. The smallest absolute Gasteiger partial charge is 0.326 e. The van der Waals surface area contributed by atoms with E-state index in [2.05, 4.69) is 19.2 Å². The summed E-state index contributed by atoms with van der Waals surface area (Å²) in [4.78, 5) is 11.9. The van der Waals surface area contributed by atoms with Gasteiger partial charge in [-0.15, -0.1) is 0 Å². The number of hydrogen-bond donors (Lipinski definition) is 1. The van der Waals surface area contributed by atoms with E-state index in [1.807, 2.05) is 6.92 Å². The molecule has 0 heterocycles. The third-order valence-electron chi connectivity index (χ3n) is 3.00. The van der Waals surface area contributed by atoms with Crippen LogP contribution in [0.2, 0.25) is 0 Å². The average molecular weight is 229 g/mol. The Hall–Kier alpha value is -0.610. The van der Waals surface area contributed by atoms with Crippen molar-refractivity contribution in [3.05, 3.63) is 0 Å². The third-order valence-corrected chi connectivity index (χ3v) is 3.00. The molecule has 0 spiro atoms. The predicted molar refractivity (Wildman–Crippen MR) is 62.2 cm³/mol. The van der Waals surface area contributed by atoms with Gasteiger partial charge in [-0.3, -0.25) is 4.79 Å². The number of nitrogens with one attached hydrogen (secondary N) is 1. The molecule has 1 aliphatic rings. The van der Waals surface area contributed by atoms with Gasteiger partial charge in [-0.25, -0.2) is 0 Å². The van der Waals surface area contributed by atoms with Crippen molar-refractivity contribution in [2.75, 3.05) is 20.3 Å². The summed E-state index contributed by atoms with van der Waals surface area (Å²) in [5.41, 5.74) is -0.499. The van der Waals surface area contributed by atoms with Gasteiger partial charge in [0.15, 0.2) is 0 Å². The number of rotatable bonds is 6. The van der Waals surface area contributed by atoms with Crippen LogP contribution in [0.1, 0.15) is 33.6 Å². The monoisotopic (exact) mass is 229 g/mol. The second-order valence-corrected chi connectivity index (χ2v) is 4.84. The van der Waals surface area contributed by atoms with Gasteiger partial charge in [0.25, 0.3) is 0 Å². The third kappa shape index (κ3) is 2.95. The molecular formula is C12H23NO3.